The van der Waals surface area contributed by atoms with Gasteiger partial charge in [-0.3, -0.25) is 0 Å². The highest BCUT2D eigenvalue weighted by atomic mass is 31.1. The first-order valence-electron chi connectivity index (χ1n) is 8.95. The van der Waals surface area contributed by atoms with Gasteiger partial charge in [0.05, 0.1) is 0 Å². The quantitative estimate of drug-likeness (QED) is 0.561. The van der Waals surface area contributed by atoms with Crippen LogP contribution >= 0.6 is 7.92 Å². The van der Waals surface area contributed by atoms with Gasteiger partial charge in [0.15, 0.2) is 0 Å². The van der Waals surface area contributed by atoms with Crippen LogP contribution in [0.4, 0.5) is 0 Å². The van der Waals surface area contributed by atoms with E-state index < -0.39 is 0 Å². The van der Waals surface area contributed by atoms with Gasteiger partial charge in [-0.2, -0.15) is 0 Å². The van der Waals surface area contributed by atoms with Crippen molar-refractivity contribution in [3.8, 4) is 0 Å². The van der Waals surface area contributed by atoms with Crippen LogP contribution < -0.4 is 5.30 Å². The van der Waals surface area contributed by atoms with E-state index in [1.165, 1.54) is 38.3 Å². The molecule has 1 aromatic rings. The van der Waals surface area contributed by atoms with Crippen LogP contribution in [0.3, 0.4) is 0 Å². The lowest BCUT2D eigenvalue weighted by Gasteiger charge is -2.42. The van der Waals surface area contributed by atoms with E-state index in [0.717, 1.165) is 23.4 Å². The molecule has 21 heavy (non-hydrogen) atoms. The van der Waals surface area contributed by atoms with Crippen LogP contribution in [0.15, 0.2) is 30.3 Å². The molecule has 4 unspecified atom stereocenters. The van der Waals surface area contributed by atoms with Crippen molar-refractivity contribution in [1.82, 2.24) is 0 Å². The fourth-order valence-corrected chi connectivity index (χ4v) is 7.70. The van der Waals surface area contributed by atoms with Crippen molar-refractivity contribution >= 4 is 13.2 Å². The molecule has 0 bridgehead atoms. The monoisotopic (exact) mass is 304 g/mol. The number of hydrogen-bond acceptors (Lipinski definition) is 0. The van der Waals surface area contributed by atoms with Crippen molar-refractivity contribution in [1.29, 1.82) is 0 Å². The second kappa shape index (κ2) is 8.33. The molecule has 4 atom stereocenters. The van der Waals surface area contributed by atoms with Crippen molar-refractivity contribution in [2.24, 2.45) is 17.8 Å². The van der Waals surface area contributed by atoms with Crippen molar-refractivity contribution in [3.05, 3.63) is 30.3 Å². The Bertz CT molecular complexity index is 398. The average Bonchev–Trinajstić information content (AvgIpc) is 2.48. The smallest absolute Gasteiger partial charge is 0.0136 e. The number of unbranched alkanes of at least 4 members (excludes halogenated alkanes) is 1. The summed E-state index contributed by atoms with van der Waals surface area (Å²) >= 11 is 0. The topological polar surface area (TPSA) is 0 Å². The van der Waals surface area contributed by atoms with E-state index in [4.69, 9.17) is 0 Å². The molecule has 1 aliphatic carbocycles. The Morgan fingerprint density at radius 3 is 2.48 bits per heavy atom. The lowest BCUT2D eigenvalue weighted by atomic mass is 9.77. The van der Waals surface area contributed by atoms with Crippen LogP contribution in [0.2, 0.25) is 0 Å². The SMILES string of the molecule is CCCCP(c1ccccc1)C1CC(C)CCC1C(C)C. The molecule has 2 rings (SSSR count). The molecule has 0 N–H and O–H groups in total. The molecule has 0 nitrogen and oxygen atoms in total. The van der Waals surface area contributed by atoms with Crippen molar-refractivity contribution in [3.63, 3.8) is 0 Å². The molecule has 0 aliphatic heterocycles. The summed E-state index contributed by atoms with van der Waals surface area (Å²) in [7, 11) is 0.0218. The molecule has 0 heterocycles. The molecule has 0 spiro atoms. The summed E-state index contributed by atoms with van der Waals surface area (Å²) < 4.78 is 0. The maximum absolute atomic E-state index is 2.47. The van der Waals surface area contributed by atoms with Crippen molar-refractivity contribution < 1.29 is 0 Å². The van der Waals surface area contributed by atoms with Crippen LogP contribution in [0.25, 0.3) is 0 Å². The first-order chi connectivity index (χ1) is 10.1. The Balaban J connectivity index is 2.24. The average molecular weight is 304 g/mol. The third-order valence-electron chi connectivity index (χ3n) is 5.23. The molecule has 0 aromatic heterocycles. The van der Waals surface area contributed by atoms with Crippen LogP contribution in [-0.4, -0.2) is 11.8 Å². The van der Waals surface area contributed by atoms with E-state index in [1.807, 2.05) is 0 Å². The molecule has 1 aliphatic rings. The van der Waals surface area contributed by atoms with E-state index in [1.54, 1.807) is 5.30 Å². The van der Waals surface area contributed by atoms with Crippen LogP contribution in [0.5, 0.6) is 0 Å². The van der Waals surface area contributed by atoms with Crippen molar-refractivity contribution in [2.75, 3.05) is 6.16 Å². The van der Waals surface area contributed by atoms with E-state index in [-0.39, 0.29) is 7.92 Å². The summed E-state index contributed by atoms with van der Waals surface area (Å²) in [6.07, 6.45) is 8.55. The fourth-order valence-electron chi connectivity index (χ4n) is 3.94. The van der Waals surface area contributed by atoms with Crippen LogP contribution in [0, 0.1) is 17.8 Å². The number of rotatable bonds is 6. The highest BCUT2D eigenvalue weighted by Gasteiger charge is 2.35. The van der Waals surface area contributed by atoms with Crippen LogP contribution in [0.1, 0.15) is 59.8 Å². The minimum absolute atomic E-state index is 0.0218. The molecule has 1 heteroatoms. The third kappa shape index (κ3) is 4.56. The Morgan fingerprint density at radius 1 is 1.14 bits per heavy atom. The number of hydrogen-bond donors (Lipinski definition) is 0. The molecule has 1 saturated carbocycles. The molecule has 0 amide bonds. The van der Waals surface area contributed by atoms with Gasteiger partial charge in [-0.1, -0.05) is 78.8 Å². The highest BCUT2D eigenvalue weighted by molar-refractivity contribution is 7.66. The van der Waals surface area contributed by atoms with Gasteiger partial charge < -0.3 is 0 Å². The van der Waals surface area contributed by atoms with E-state index in [2.05, 4.69) is 58.0 Å². The molecule has 118 valence electrons. The zero-order valence-electron chi connectivity index (χ0n) is 14.4. The van der Waals surface area contributed by atoms with Gasteiger partial charge in [-0.25, -0.2) is 0 Å². The molecular weight excluding hydrogens is 271 g/mol. The fraction of sp³-hybridized carbons (Fsp3) is 0.700. The van der Waals surface area contributed by atoms with E-state index in [9.17, 15) is 0 Å². The Morgan fingerprint density at radius 2 is 1.86 bits per heavy atom. The predicted octanol–water partition coefficient (Wildman–Crippen LogP) is 6.05. The van der Waals surface area contributed by atoms with Gasteiger partial charge in [0.25, 0.3) is 0 Å². The minimum atomic E-state index is 0.0218. The van der Waals surface area contributed by atoms with E-state index >= 15 is 0 Å². The first-order valence-corrected chi connectivity index (χ1v) is 10.5. The van der Waals surface area contributed by atoms with Crippen molar-refractivity contribution in [2.45, 2.75) is 65.5 Å². The second-order valence-electron chi connectivity index (χ2n) is 7.28. The second-order valence-corrected chi connectivity index (χ2v) is 9.84. The summed E-state index contributed by atoms with van der Waals surface area (Å²) in [5, 5.41) is 1.66. The summed E-state index contributed by atoms with van der Waals surface area (Å²) in [5.74, 6) is 2.72. The van der Waals surface area contributed by atoms with Gasteiger partial charge >= 0.3 is 0 Å². The normalized spacial score (nSPS) is 27.8. The molecule has 1 fully saturated rings. The first kappa shape index (κ1) is 17.0. The summed E-state index contributed by atoms with van der Waals surface area (Å²) in [6.45, 7) is 9.71. The van der Waals surface area contributed by atoms with Gasteiger partial charge in [-0.05, 0) is 54.1 Å². The highest BCUT2D eigenvalue weighted by Crippen LogP contribution is 2.52. The Kier molecular flexibility index (Phi) is 6.74. The molecule has 1 aromatic carbocycles. The Hall–Kier alpha value is -0.350. The lowest BCUT2D eigenvalue weighted by Crippen LogP contribution is -2.33. The number of benzene rings is 1. The zero-order chi connectivity index (χ0) is 15.2. The maximum atomic E-state index is 2.47. The lowest BCUT2D eigenvalue weighted by molar-refractivity contribution is 0.241. The van der Waals surface area contributed by atoms with E-state index in [0.29, 0.717) is 0 Å². The summed E-state index contributed by atoms with van der Waals surface area (Å²) in [5.41, 5.74) is 0.956. The predicted molar refractivity (Wildman–Crippen MR) is 97.9 cm³/mol. The molecule has 0 radical (unpaired) electrons. The van der Waals surface area contributed by atoms with Gasteiger partial charge in [0.2, 0.25) is 0 Å². The van der Waals surface area contributed by atoms with Crippen LogP contribution in [-0.2, 0) is 0 Å². The largest absolute Gasteiger partial charge is 0.0718 e. The Labute approximate surface area is 133 Å². The van der Waals surface area contributed by atoms with Gasteiger partial charge in [0, 0.05) is 0 Å². The third-order valence-corrected chi connectivity index (χ3v) is 8.38. The molecular formula is C20H33P. The standard InChI is InChI=1S/C20H33P/c1-5-6-14-21(18-10-8-7-9-11-18)20-15-17(4)12-13-19(20)16(2)3/h7-11,16-17,19-20H,5-6,12-15H2,1-4H3. The van der Waals surface area contributed by atoms with Gasteiger partial charge in [0.1, 0.15) is 0 Å². The summed E-state index contributed by atoms with van der Waals surface area (Å²) in [6, 6.07) is 11.5. The van der Waals surface area contributed by atoms with Gasteiger partial charge in [-0.15, -0.1) is 0 Å². The minimum Gasteiger partial charge on any atom is -0.0718 e. The zero-order valence-corrected chi connectivity index (χ0v) is 15.3. The maximum Gasteiger partial charge on any atom is -0.0136 e. The summed E-state index contributed by atoms with van der Waals surface area (Å²) in [4.78, 5) is 0. The molecule has 0 saturated heterocycles.